The summed E-state index contributed by atoms with van der Waals surface area (Å²) in [6, 6.07) is 5.01. The summed E-state index contributed by atoms with van der Waals surface area (Å²) < 4.78 is 37.2. The molecular weight excluding hydrogens is 402 g/mol. The van der Waals surface area contributed by atoms with Gasteiger partial charge in [-0.3, -0.25) is 9.59 Å². The van der Waals surface area contributed by atoms with Crippen LogP contribution in [0.2, 0.25) is 0 Å². The van der Waals surface area contributed by atoms with Gasteiger partial charge in [-0.15, -0.1) is 0 Å². The number of amides is 1. The number of ketones is 1. The fraction of sp³-hybridized carbons (Fsp3) is 0.500. The molecule has 2 rings (SSSR count). The van der Waals surface area contributed by atoms with Gasteiger partial charge in [0.05, 0.1) is 16.2 Å². The van der Waals surface area contributed by atoms with Gasteiger partial charge < -0.3 is 5.73 Å². The standard InChI is InChI=1S/C18H25N3O5S2/c1-18(2,3)15(22)11-16(19)20-17(23)14-9-10-21(14)27(24)12-5-7-13(8-6-12)28(4,25)26/h5-8,14H,9-11H2,1-4H3,(H2,19,20,23). The molecule has 1 aromatic rings. The fourth-order valence-electron chi connectivity index (χ4n) is 2.43. The van der Waals surface area contributed by atoms with Gasteiger partial charge in [0.2, 0.25) is 0 Å². The van der Waals surface area contributed by atoms with E-state index < -0.39 is 38.2 Å². The maximum absolute atomic E-state index is 12.7. The Morgan fingerprint density at radius 1 is 1.25 bits per heavy atom. The molecule has 0 radical (unpaired) electrons. The molecule has 1 aliphatic heterocycles. The number of Topliss-reactive ketones (excluding diaryl/α,β-unsaturated/α-hetero) is 1. The van der Waals surface area contributed by atoms with E-state index in [2.05, 4.69) is 4.99 Å². The van der Waals surface area contributed by atoms with E-state index in [-0.39, 0.29) is 22.9 Å². The van der Waals surface area contributed by atoms with Crippen LogP contribution in [0, 0.1) is 5.41 Å². The number of carbonyl (C=O) groups is 2. The van der Waals surface area contributed by atoms with Crippen LogP contribution in [0.1, 0.15) is 33.6 Å². The molecule has 0 aromatic heterocycles. The minimum Gasteiger partial charge on any atom is -0.387 e. The van der Waals surface area contributed by atoms with Crippen molar-refractivity contribution in [3.8, 4) is 0 Å². The second kappa shape index (κ2) is 8.22. The third kappa shape index (κ3) is 5.33. The van der Waals surface area contributed by atoms with Crippen LogP contribution in [0.3, 0.4) is 0 Å². The average molecular weight is 428 g/mol. The average Bonchev–Trinajstić information content (AvgIpc) is 2.51. The number of rotatable bonds is 6. The topological polar surface area (TPSA) is 127 Å². The molecule has 1 amide bonds. The molecule has 2 N–H and O–H groups in total. The van der Waals surface area contributed by atoms with Gasteiger partial charge in [-0.2, -0.15) is 4.99 Å². The second-order valence-corrected chi connectivity index (χ2v) is 11.2. The first-order valence-corrected chi connectivity index (χ1v) is 11.7. The molecule has 1 heterocycles. The van der Waals surface area contributed by atoms with Crippen LogP contribution in [0.4, 0.5) is 0 Å². The number of benzene rings is 1. The van der Waals surface area contributed by atoms with Crippen molar-refractivity contribution in [3.05, 3.63) is 24.3 Å². The Balaban J connectivity index is 2.07. The Labute approximate surface area is 167 Å². The molecular formula is C18H25N3O5S2. The smallest absolute Gasteiger partial charge is 0.265 e. The molecule has 1 aliphatic rings. The number of aliphatic imine (C=N–C) groups is 1. The number of hydrogen-bond donors (Lipinski definition) is 1. The highest BCUT2D eigenvalue weighted by atomic mass is 32.2. The van der Waals surface area contributed by atoms with Gasteiger partial charge >= 0.3 is 0 Å². The van der Waals surface area contributed by atoms with E-state index in [1.807, 2.05) is 0 Å². The highest BCUT2D eigenvalue weighted by Gasteiger charge is 2.38. The Kier molecular flexibility index (Phi) is 6.57. The molecule has 10 heteroatoms. The van der Waals surface area contributed by atoms with Gasteiger partial charge in [-0.25, -0.2) is 16.9 Å². The van der Waals surface area contributed by atoms with Crippen LogP contribution in [-0.2, 0) is 30.4 Å². The summed E-state index contributed by atoms with van der Waals surface area (Å²) in [6.45, 7) is 5.72. The fourth-order valence-corrected chi connectivity index (χ4v) is 4.40. The normalized spacial score (nSPS) is 19.7. The van der Waals surface area contributed by atoms with Crippen LogP contribution in [-0.4, -0.2) is 53.3 Å². The van der Waals surface area contributed by atoms with Gasteiger partial charge in [0.25, 0.3) is 5.91 Å². The van der Waals surface area contributed by atoms with Crippen molar-refractivity contribution in [2.75, 3.05) is 12.8 Å². The highest BCUT2D eigenvalue weighted by molar-refractivity contribution is 7.90. The lowest BCUT2D eigenvalue weighted by molar-refractivity contribution is -0.125. The minimum atomic E-state index is -3.34. The molecule has 1 fully saturated rings. The molecule has 0 bridgehead atoms. The Bertz CT molecular complexity index is 931. The molecule has 0 aliphatic carbocycles. The van der Waals surface area contributed by atoms with Gasteiger partial charge in [-0.05, 0) is 30.7 Å². The quantitative estimate of drug-likeness (QED) is 0.534. The Hall–Kier alpha value is -1.91. The first-order valence-electron chi connectivity index (χ1n) is 8.69. The lowest BCUT2D eigenvalue weighted by Gasteiger charge is -2.36. The van der Waals surface area contributed by atoms with Crippen LogP contribution in [0.25, 0.3) is 0 Å². The Morgan fingerprint density at radius 3 is 2.25 bits per heavy atom. The molecule has 0 spiro atoms. The third-order valence-corrected chi connectivity index (χ3v) is 7.02. The van der Waals surface area contributed by atoms with Crippen molar-refractivity contribution in [3.63, 3.8) is 0 Å². The summed E-state index contributed by atoms with van der Waals surface area (Å²) in [4.78, 5) is 28.7. The summed E-state index contributed by atoms with van der Waals surface area (Å²) in [6.07, 6.45) is 1.46. The SMILES string of the molecule is CC(C)(C)C(=O)CC(N)=NC(=O)C1CCN1S(=O)c1ccc(S(C)(=O)=O)cc1. The van der Waals surface area contributed by atoms with Crippen molar-refractivity contribution in [1.29, 1.82) is 0 Å². The highest BCUT2D eigenvalue weighted by Crippen LogP contribution is 2.26. The molecule has 2 unspecified atom stereocenters. The first-order chi connectivity index (χ1) is 12.8. The molecule has 0 saturated carbocycles. The van der Waals surface area contributed by atoms with Crippen molar-refractivity contribution in [1.82, 2.24) is 4.31 Å². The molecule has 1 aromatic carbocycles. The molecule has 8 nitrogen and oxygen atoms in total. The van der Waals surface area contributed by atoms with Crippen molar-refractivity contribution in [2.45, 2.75) is 49.4 Å². The van der Waals surface area contributed by atoms with E-state index in [0.29, 0.717) is 17.9 Å². The first kappa shape index (κ1) is 22.4. The molecule has 28 heavy (non-hydrogen) atoms. The van der Waals surface area contributed by atoms with Gasteiger partial charge in [0, 0.05) is 18.2 Å². The van der Waals surface area contributed by atoms with Crippen LogP contribution < -0.4 is 5.73 Å². The lowest BCUT2D eigenvalue weighted by atomic mass is 9.89. The van der Waals surface area contributed by atoms with Gasteiger partial charge in [-0.1, -0.05) is 20.8 Å². The predicted octanol–water partition coefficient (Wildman–Crippen LogP) is 1.08. The van der Waals surface area contributed by atoms with Crippen LogP contribution in [0.15, 0.2) is 39.0 Å². The van der Waals surface area contributed by atoms with Crippen LogP contribution >= 0.6 is 0 Å². The van der Waals surface area contributed by atoms with E-state index in [0.717, 1.165) is 6.26 Å². The van der Waals surface area contributed by atoms with Crippen molar-refractivity contribution in [2.24, 2.45) is 16.1 Å². The number of carbonyl (C=O) groups excluding carboxylic acids is 2. The summed E-state index contributed by atoms with van der Waals surface area (Å²) in [5, 5.41) is 0. The molecule has 154 valence electrons. The van der Waals surface area contributed by atoms with Crippen molar-refractivity contribution >= 4 is 38.3 Å². The van der Waals surface area contributed by atoms with E-state index in [4.69, 9.17) is 5.73 Å². The third-order valence-electron chi connectivity index (χ3n) is 4.35. The van der Waals surface area contributed by atoms with E-state index in [1.165, 1.54) is 28.6 Å². The number of hydrogen-bond acceptors (Lipinski definition) is 5. The largest absolute Gasteiger partial charge is 0.387 e. The van der Waals surface area contributed by atoms with E-state index >= 15 is 0 Å². The summed E-state index contributed by atoms with van der Waals surface area (Å²) in [5.74, 6) is -0.715. The summed E-state index contributed by atoms with van der Waals surface area (Å²) in [5.41, 5.74) is 5.16. The number of sulfone groups is 1. The Morgan fingerprint density at radius 2 is 1.82 bits per heavy atom. The van der Waals surface area contributed by atoms with Crippen LogP contribution in [0.5, 0.6) is 0 Å². The maximum atomic E-state index is 12.7. The minimum absolute atomic E-state index is 0.0555. The van der Waals surface area contributed by atoms with Gasteiger partial charge in [0.1, 0.15) is 28.6 Å². The van der Waals surface area contributed by atoms with E-state index in [1.54, 1.807) is 20.8 Å². The molecule has 1 saturated heterocycles. The number of nitrogens with two attached hydrogens (primary N) is 1. The molecule has 2 atom stereocenters. The number of amidine groups is 1. The number of nitrogens with zero attached hydrogens (tertiary/aromatic N) is 2. The maximum Gasteiger partial charge on any atom is 0.265 e. The zero-order valence-electron chi connectivity index (χ0n) is 16.3. The van der Waals surface area contributed by atoms with Crippen molar-refractivity contribution < 1.29 is 22.2 Å². The lowest BCUT2D eigenvalue weighted by Crippen LogP contribution is -2.52. The predicted molar refractivity (Wildman–Crippen MR) is 107 cm³/mol. The monoisotopic (exact) mass is 427 g/mol. The zero-order chi connectivity index (χ0) is 21.3. The van der Waals surface area contributed by atoms with E-state index in [9.17, 15) is 22.2 Å². The second-order valence-electron chi connectivity index (χ2n) is 7.73. The van der Waals surface area contributed by atoms with Gasteiger partial charge in [0.15, 0.2) is 9.84 Å². The summed E-state index contributed by atoms with van der Waals surface area (Å²) >= 11 is 0. The summed E-state index contributed by atoms with van der Waals surface area (Å²) in [7, 11) is -4.97. The zero-order valence-corrected chi connectivity index (χ0v) is 18.0.